The van der Waals surface area contributed by atoms with Crippen LogP contribution in [0.4, 0.5) is 11.4 Å². The summed E-state index contributed by atoms with van der Waals surface area (Å²) in [5.41, 5.74) is 2.06. The van der Waals surface area contributed by atoms with Crippen LogP contribution in [0, 0.1) is 5.92 Å². The van der Waals surface area contributed by atoms with Crippen molar-refractivity contribution in [2.45, 2.75) is 33.2 Å². The maximum atomic E-state index is 5.35. The molecule has 0 fully saturated rings. The van der Waals surface area contributed by atoms with Crippen LogP contribution in [0.3, 0.4) is 0 Å². The van der Waals surface area contributed by atoms with Gasteiger partial charge in [-0.3, -0.25) is 0 Å². The fourth-order valence-corrected chi connectivity index (χ4v) is 1.82. The molecule has 1 heterocycles. The SMILES string of the molecule is CCC(C)C(C)Nc1c(N(C)C)ccnc1OC. The van der Waals surface area contributed by atoms with Crippen LogP contribution in [0.2, 0.25) is 0 Å². The zero-order valence-corrected chi connectivity index (χ0v) is 12.3. The summed E-state index contributed by atoms with van der Waals surface area (Å²) in [4.78, 5) is 6.33. The Hall–Kier alpha value is -1.45. The molecule has 18 heavy (non-hydrogen) atoms. The van der Waals surface area contributed by atoms with Gasteiger partial charge in [0.05, 0.1) is 12.8 Å². The van der Waals surface area contributed by atoms with E-state index < -0.39 is 0 Å². The third-order valence-electron chi connectivity index (χ3n) is 3.44. The van der Waals surface area contributed by atoms with Gasteiger partial charge in [0.1, 0.15) is 5.69 Å². The zero-order chi connectivity index (χ0) is 13.7. The number of hydrogen-bond acceptors (Lipinski definition) is 4. The molecule has 0 saturated carbocycles. The first kappa shape index (κ1) is 14.6. The van der Waals surface area contributed by atoms with Gasteiger partial charge in [-0.05, 0) is 18.9 Å². The van der Waals surface area contributed by atoms with E-state index in [1.807, 2.05) is 20.2 Å². The van der Waals surface area contributed by atoms with Crippen LogP contribution in [-0.2, 0) is 0 Å². The topological polar surface area (TPSA) is 37.4 Å². The van der Waals surface area contributed by atoms with Crippen molar-refractivity contribution in [3.8, 4) is 5.88 Å². The Morgan fingerprint density at radius 1 is 1.39 bits per heavy atom. The highest BCUT2D eigenvalue weighted by Crippen LogP contribution is 2.33. The van der Waals surface area contributed by atoms with Crippen molar-refractivity contribution in [3.63, 3.8) is 0 Å². The molecule has 2 atom stereocenters. The first-order valence-electron chi connectivity index (χ1n) is 6.48. The van der Waals surface area contributed by atoms with Crippen molar-refractivity contribution in [2.24, 2.45) is 5.92 Å². The van der Waals surface area contributed by atoms with Gasteiger partial charge in [-0.1, -0.05) is 20.3 Å². The molecule has 0 amide bonds. The van der Waals surface area contributed by atoms with E-state index in [2.05, 4.69) is 36.0 Å². The molecule has 2 unspecified atom stereocenters. The summed E-state index contributed by atoms with van der Waals surface area (Å²) in [5, 5.41) is 3.53. The Morgan fingerprint density at radius 2 is 2.06 bits per heavy atom. The molecule has 4 nitrogen and oxygen atoms in total. The van der Waals surface area contributed by atoms with Gasteiger partial charge in [0.15, 0.2) is 0 Å². The Labute approximate surface area is 110 Å². The second kappa shape index (κ2) is 6.47. The molecule has 0 spiro atoms. The molecular weight excluding hydrogens is 226 g/mol. The van der Waals surface area contributed by atoms with E-state index in [1.54, 1.807) is 13.3 Å². The van der Waals surface area contributed by atoms with Crippen molar-refractivity contribution < 1.29 is 4.74 Å². The number of hydrogen-bond donors (Lipinski definition) is 1. The predicted molar refractivity (Wildman–Crippen MR) is 77.7 cm³/mol. The third-order valence-corrected chi connectivity index (χ3v) is 3.44. The zero-order valence-electron chi connectivity index (χ0n) is 12.3. The number of ether oxygens (including phenoxy) is 1. The maximum Gasteiger partial charge on any atom is 0.239 e. The Kier molecular flexibility index (Phi) is 5.25. The highest BCUT2D eigenvalue weighted by Gasteiger charge is 2.17. The molecule has 4 heteroatoms. The van der Waals surface area contributed by atoms with Gasteiger partial charge in [0.25, 0.3) is 0 Å². The summed E-state index contributed by atoms with van der Waals surface area (Å²) in [6.07, 6.45) is 2.92. The first-order valence-corrected chi connectivity index (χ1v) is 6.48. The molecule has 102 valence electrons. The molecule has 1 aromatic rings. The molecule has 0 bridgehead atoms. The normalized spacial score (nSPS) is 13.9. The van der Waals surface area contributed by atoms with Crippen molar-refractivity contribution in [1.82, 2.24) is 4.98 Å². The smallest absolute Gasteiger partial charge is 0.239 e. The number of anilines is 2. The highest BCUT2D eigenvalue weighted by atomic mass is 16.5. The summed E-state index contributed by atoms with van der Waals surface area (Å²) >= 11 is 0. The van der Waals surface area contributed by atoms with Crippen LogP contribution in [0.5, 0.6) is 5.88 Å². The van der Waals surface area contributed by atoms with E-state index >= 15 is 0 Å². The van der Waals surface area contributed by atoms with Gasteiger partial charge in [-0.2, -0.15) is 0 Å². The second-order valence-electron chi connectivity index (χ2n) is 4.93. The van der Waals surface area contributed by atoms with Gasteiger partial charge in [0, 0.05) is 26.3 Å². The molecule has 0 radical (unpaired) electrons. The fourth-order valence-electron chi connectivity index (χ4n) is 1.82. The summed E-state index contributed by atoms with van der Waals surface area (Å²) < 4.78 is 5.35. The maximum absolute atomic E-state index is 5.35. The summed E-state index contributed by atoms with van der Waals surface area (Å²) in [6, 6.07) is 2.38. The quantitative estimate of drug-likeness (QED) is 0.843. The molecule has 0 aliphatic rings. The number of nitrogens with one attached hydrogen (secondary N) is 1. The van der Waals surface area contributed by atoms with Crippen LogP contribution in [-0.4, -0.2) is 32.2 Å². The number of methoxy groups -OCH3 is 1. The van der Waals surface area contributed by atoms with Gasteiger partial charge in [-0.25, -0.2) is 4.98 Å². The molecule has 0 aromatic carbocycles. The largest absolute Gasteiger partial charge is 0.479 e. The van der Waals surface area contributed by atoms with E-state index in [0.29, 0.717) is 17.8 Å². The molecule has 0 saturated heterocycles. The third kappa shape index (κ3) is 3.28. The number of aromatic nitrogens is 1. The number of pyridine rings is 1. The minimum absolute atomic E-state index is 0.381. The lowest BCUT2D eigenvalue weighted by atomic mass is 10.0. The van der Waals surface area contributed by atoms with E-state index in [0.717, 1.165) is 17.8 Å². The number of rotatable bonds is 6. The highest BCUT2D eigenvalue weighted by molar-refractivity contribution is 5.74. The van der Waals surface area contributed by atoms with E-state index in [1.165, 1.54) is 0 Å². The Bertz CT molecular complexity index is 379. The minimum Gasteiger partial charge on any atom is -0.479 e. The van der Waals surface area contributed by atoms with Crippen LogP contribution >= 0.6 is 0 Å². The van der Waals surface area contributed by atoms with E-state index in [4.69, 9.17) is 4.74 Å². The van der Waals surface area contributed by atoms with Crippen LogP contribution < -0.4 is 15.0 Å². The molecule has 1 aromatic heterocycles. The summed E-state index contributed by atoms with van der Waals surface area (Å²) in [5.74, 6) is 1.25. The van der Waals surface area contributed by atoms with Crippen molar-refractivity contribution >= 4 is 11.4 Å². The monoisotopic (exact) mass is 251 g/mol. The van der Waals surface area contributed by atoms with E-state index in [9.17, 15) is 0 Å². The van der Waals surface area contributed by atoms with Crippen LogP contribution in [0.25, 0.3) is 0 Å². The lowest BCUT2D eigenvalue weighted by molar-refractivity contribution is 0.398. The number of nitrogens with zero attached hydrogens (tertiary/aromatic N) is 2. The summed E-state index contributed by atoms with van der Waals surface area (Å²) in [7, 11) is 5.70. The van der Waals surface area contributed by atoms with Gasteiger partial charge >= 0.3 is 0 Å². The molecule has 1 rings (SSSR count). The lowest BCUT2D eigenvalue weighted by Crippen LogP contribution is -2.25. The standard InChI is InChI=1S/C14H25N3O/c1-7-10(2)11(3)16-13-12(17(4)5)8-9-15-14(13)18-6/h8-11,16H,7H2,1-6H3. The fraction of sp³-hybridized carbons (Fsp3) is 0.643. The lowest BCUT2D eigenvalue weighted by Gasteiger charge is -2.25. The molecular formula is C14H25N3O. The Morgan fingerprint density at radius 3 is 2.56 bits per heavy atom. The van der Waals surface area contributed by atoms with Gasteiger partial charge in [0.2, 0.25) is 5.88 Å². The van der Waals surface area contributed by atoms with Crippen LogP contribution in [0.1, 0.15) is 27.2 Å². The van der Waals surface area contributed by atoms with Gasteiger partial charge in [-0.15, -0.1) is 0 Å². The predicted octanol–water partition coefficient (Wildman–Crippen LogP) is 3.00. The summed E-state index contributed by atoms with van der Waals surface area (Å²) in [6.45, 7) is 6.64. The molecule has 0 aliphatic heterocycles. The molecule has 0 aliphatic carbocycles. The van der Waals surface area contributed by atoms with Crippen molar-refractivity contribution in [1.29, 1.82) is 0 Å². The average Bonchev–Trinajstić information content (AvgIpc) is 2.37. The van der Waals surface area contributed by atoms with E-state index in [-0.39, 0.29) is 0 Å². The van der Waals surface area contributed by atoms with Gasteiger partial charge < -0.3 is 15.0 Å². The van der Waals surface area contributed by atoms with Crippen molar-refractivity contribution in [2.75, 3.05) is 31.4 Å². The second-order valence-corrected chi connectivity index (χ2v) is 4.93. The van der Waals surface area contributed by atoms with Crippen molar-refractivity contribution in [3.05, 3.63) is 12.3 Å². The average molecular weight is 251 g/mol. The Balaban J connectivity index is 3.04. The van der Waals surface area contributed by atoms with Crippen LogP contribution in [0.15, 0.2) is 12.3 Å². The molecule has 1 N–H and O–H groups in total. The minimum atomic E-state index is 0.381. The first-order chi connectivity index (χ1) is 8.51.